The second kappa shape index (κ2) is 4.66. The quantitative estimate of drug-likeness (QED) is 0.856. The zero-order chi connectivity index (χ0) is 14.2. The van der Waals surface area contributed by atoms with Gasteiger partial charge in [0.25, 0.3) is 0 Å². The van der Waals surface area contributed by atoms with E-state index in [2.05, 4.69) is 4.98 Å². The average molecular weight is 298 g/mol. The topological polar surface area (TPSA) is 96.0 Å². The molecule has 1 aromatic heterocycles. The lowest BCUT2D eigenvalue weighted by Crippen LogP contribution is -2.13. The fourth-order valence-corrected chi connectivity index (χ4v) is 2.64. The lowest BCUT2D eigenvalue weighted by atomic mass is 10.1. The summed E-state index contributed by atoms with van der Waals surface area (Å²) in [7, 11) is -4.67. The Morgan fingerprint density at radius 3 is 2.37 bits per heavy atom. The number of imidazole rings is 1. The van der Waals surface area contributed by atoms with Gasteiger partial charge in [-0.2, -0.15) is 17.7 Å². The van der Waals surface area contributed by atoms with Crippen molar-refractivity contribution in [2.24, 2.45) is 0 Å². The number of aryl methyl sites for hydroxylation is 1. The first-order valence-electron chi connectivity index (χ1n) is 5.08. The minimum absolute atomic E-state index is 0.121. The smallest absolute Gasteiger partial charge is 0.269 e. The summed E-state index contributed by atoms with van der Waals surface area (Å²) in [4.78, 5) is 3.83. The van der Waals surface area contributed by atoms with Crippen LogP contribution in [0.25, 0.3) is 11.3 Å². The Hall–Kier alpha value is -1.88. The second-order valence-corrected chi connectivity index (χ2v) is 5.41. The maximum atomic E-state index is 11.2. The van der Waals surface area contributed by atoms with Crippen molar-refractivity contribution in [3.63, 3.8) is 0 Å². The van der Waals surface area contributed by atoms with E-state index in [0.29, 0.717) is 9.54 Å². The van der Waals surface area contributed by atoms with E-state index < -0.39 is 16.1 Å². The van der Waals surface area contributed by atoms with Crippen LogP contribution in [-0.2, 0) is 10.3 Å². The minimum atomic E-state index is -4.67. The molecule has 1 heterocycles. The minimum Gasteiger partial charge on any atom is -0.269 e. The third-order valence-corrected chi connectivity index (χ3v) is 3.70. The van der Waals surface area contributed by atoms with E-state index in [-0.39, 0.29) is 10.8 Å². The van der Waals surface area contributed by atoms with Crippen LogP contribution in [0.5, 0.6) is 0 Å². The summed E-state index contributed by atoms with van der Waals surface area (Å²) in [5.41, 5.74) is 1.68. The number of nitrogens with zero attached hydrogens (tertiary/aromatic N) is 3. The summed E-state index contributed by atoms with van der Waals surface area (Å²) in [6, 6.07) is 8.55. The van der Waals surface area contributed by atoms with Gasteiger partial charge >= 0.3 is 10.3 Å². The van der Waals surface area contributed by atoms with Gasteiger partial charge in [-0.25, -0.2) is 4.98 Å². The van der Waals surface area contributed by atoms with Gasteiger partial charge in [0.2, 0.25) is 5.82 Å². The maximum absolute atomic E-state index is 11.2. The summed E-state index contributed by atoms with van der Waals surface area (Å²) in [5, 5.41) is 8.51. The van der Waals surface area contributed by atoms with Gasteiger partial charge in [-0.3, -0.25) is 4.55 Å². The van der Waals surface area contributed by atoms with Gasteiger partial charge in [-0.1, -0.05) is 41.4 Å². The summed E-state index contributed by atoms with van der Waals surface area (Å²) < 4.78 is 31.7. The molecule has 0 radical (unpaired) electrons. The molecule has 0 aliphatic rings. The predicted octanol–water partition coefficient (Wildman–Crippen LogP) is 2.03. The van der Waals surface area contributed by atoms with E-state index in [9.17, 15) is 8.42 Å². The van der Waals surface area contributed by atoms with Crippen LogP contribution in [0.1, 0.15) is 11.4 Å². The van der Waals surface area contributed by atoms with Gasteiger partial charge in [0.05, 0.1) is 0 Å². The van der Waals surface area contributed by atoms with Gasteiger partial charge < -0.3 is 0 Å². The van der Waals surface area contributed by atoms with Gasteiger partial charge in [0.1, 0.15) is 11.8 Å². The molecule has 0 amide bonds. The van der Waals surface area contributed by atoms with Crippen molar-refractivity contribution < 1.29 is 13.0 Å². The van der Waals surface area contributed by atoms with Gasteiger partial charge in [-0.15, -0.1) is 0 Å². The number of nitriles is 1. The first-order chi connectivity index (χ1) is 8.84. The standard InChI is InChI=1S/C11H8ClN3O3S/c1-7-2-4-8(5-3-7)10-11(12)15(19(16,17)18)9(6-13)14-10/h2-5H,1H3,(H,16,17,18). The number of hydrogen-bond donors (Lipinski definition) is 1. The molecular weight excluding hydrogens is 290 g/mol. The summed E-state index contributed by atoms with van der Waals surface area (Å²) in [6.45, 7) is 1.89. The Labute approximate surface area is 114 Å². The fraction of sp³-hybridized carbons (Fsp3) is 0.0909. The Bertz CT molecular complexity index is 773. The highest BCUT2D eigenvalue weighted by Gasteiger charge is 2.24. The van der Waals surface area contributed by atoms with Crippen LogP contribution in [0.15, 0.2) is 24.3 Å². The van der Waals surface area contributed by atoms with Crippen LogP contribution in [0.2, 0.25) is 5.15 Å². The van der Waals surface area contributed by atoms with Crippen molar-refractivity contribution in [2.75, 3.05) is 0 Å². The molecule has 0 spiro atoms. The molecule has 19 heavy (non-hydrogen) atoms. The van der Waals surface area contributed by atoms with Crippen LogP contribution in [0, 0.1) is 18.3 Å². The third-order valence-electron chi connectivity index (χ3n) is 2.44. The molecule has 2 aromatic rings. The van der Waals surface area contributed by atoms with E-state index >= 15 is 0 Å². The van der Waals surface area contributed by atoms with Crippen molar-refractivity contribution >= 4 is 21.9 Å². The highest BCUT2D eigenvalue weighted by Crippen LogP contribution is 2.29. The third kappa shape index (κ3) is 2.46. The van der Waals surface area contributed by atoms with Gasteiger partial charge in [-0.05, 0) is 6.92 Å². The first-order valence-corrected chi connectivity index (χ1v) is 6.85. The zero-order valence-electron chi connectivity index (χ0n) is 9.70. The molecule has 98 valence electrons. The highest BCUT2D eigenvalue weighted by atomic mass is 35.5. The SMILES string of the molecule is Cc1ccc(-c2nc(C#N)n(S(=O)(=O)O)c2Cl)cc1. The summed E-state index contributed by atoms with van der Waals surface area (Å²) >= 11 is 5.88. The molecule has 0 saturated carbocycles. The van der Waals surface area contributed by atoms with Gasteiger partial charge in [0.15, 0.2) is 5.15 Å². The molecule has 0 aliphatic carbocycles. The summed E-state index contributed by atoms with van der Waals surface area (Å²) in [6.07, 6.45) is 0. The fourth-order valence-electron chi connectivity index (χ4n) is 1.56. The van der Waals surface area contributed by atoms with Crippen LogP contribution in [0.4, 0.5) is 0 Å². The Kier molecular flexibility index (Phi) is 3.32. The lowest BCUT2D eigenvalue weighted by molar-refractivity contribution is 0.472. The van der Waals surface area contributed by atoms with Crippen molar-refractivity contribution in [3.05, 3.63) is 40.8 Å². The van der Waals surface area contributed by atoms with Gasteiger partial charge in [0, 0.05) is 5.56 Å². The molecule has 0 bridgehead atoms. The Morgan fingerprint density at radius 2 is 1.95 bits per heavy atom. The first kappa shape index (κ1) is 13.5. The number of rotatable bonds is 2. The van der Waals surface area contributed by atoms with Crippen molar-refractivity contribution in [3.8, 4) is 17.3 Å². The Balaban J connectivity index is 2.71. The molecule has 1 aromatic carbocycles. The average Bonchev–Trinajstić information content (AvgIpc) is 2.67. The van der Waals surface area contributed by atoms with E-state index in [0.717, 1.165) is 5.56 Å². The molecule has 6 nitrogen and oxygen atoms in total. The van der Waals surface area contributed by atoms with E-state index in [1.807, 2.05) is 6.92 Å². The highest BCUT2D eigenvalue weighted by molar-refractivity contribution is 7.84. The maximum Gasteiger partial charge on any atom is 0.367 e. The van der Waals surface area contributed by atoms with Crippen LogP contribution >= 0.6 is 11.6 Å². The number of aromatic nitrogens is 2. The number of benzene rings is 1. The summed E-state index contributed by atoms with van der Waals surface area (Å²) in [5.74, 6) is -0.497. The van der Waals surface area contributed by atoms with Crippen LogP contribution < -0.4 is 0 Å². The van der Waals surface area contributed by atoms with Crippen LogP contribution in [-0.4, -0.2) is 21.9 Å². The molecule has 0 fully saturated rings. The van der Waals surface area contributed by atoms with Crippen molar-refractivity contribution in [1.82, 2.24) is 8.96 Å². The van der Waals surface area contributed by atoms with E-state index in [4.69, 9.17) is 21.4 Å². The zero-order valence-corrected chi connectivity index (χ0v) is 11.3. The predicted molar refractivity (Wildman–Crippen MR) is 69.1 cm³/mol. The van der Waals surface area contributed by atoms with Crippen LogP contribution in [0.3, 0.4) is 0 Å². The molecule has 2 rings (SSSR count). The molecule has 8 heteroatoms. The van der Waals surface area contributed by atoms with E-state index in [1.54, 1.807) is 30.3 Å². The monoisotopic (exact) mass is 297 g/mol. The number of hydrogen-bond acceptors (Lipinski definition) is 4. The molecule has 1 N–H and O–H groups in total. The lowest BCUT2D eigenvalue weighted by Gasteiger charge is -2.01. The molecule has 0 aliphatic heterocycles. The number of halogens is 1. The largest absolute Gasteiger partial charge is 0.367 e. The van der Waals surface area contributed by atoms with E-state index in [1.165, 1.54) is 0 Å². The normalized spacial score (nSPS) is 11.3. The van der Waals surface area contributed by atoms with Crippen molar-refractivity contribution in [1.29, 1.82) is 5.26 Å². The molecular formula is C11H8ClN3O3S. The molecule has 0 saturated heterocycles. The second-order valence-electron chi connectivity index (χ2n) is 3.79. The van der Waals surface area contributed by atoms with Crippen molar-refractivity contribution in [2.45, 2.75) is 6.92 Å². The Morgan fingerprint density at radius 1 is 1.37 bits per heavy atom. The molecule has 0 unspecified atom stereocenters. The molecule has 0 atom stereocenters.